The third kappa shape index (κ3) is 6.03. The van der Waals surface area contributed by atoms with Crippen LogP contribution < -0.4 is 5.32 Å². The van der Waals surface area contributed by atoms with E-state index in [-0.39, 0.29) is 11.1 Å². The summed E-state index contributed by atoms with van der Waals surface area (Å²) in [6, 6.07) is 0. The van der Waals surface area contributed by atoms with Crippen molar-refractivity contribution in [3.8, 4) is 0 Å². The van der Waals surface area contributed by atoms with Crippen molar-refractivity contribution in [2.75, 3.05) is 13.1 Å². The van der Waals surface area contributed by atoms with Crippen molar-refractivity contribution >= 4 is 0 Å². The molecule has 0 unspecified atom stereocenters. The van der Waals surface area contributed by atoms with Crippen LogP contribution in [-0.4, -0.2) is 29.1 Å². The highest BCUT2D eigenvalue weighted by atomic mass is 15.2. The van der Waals surface area contributed by atoms with Crippen LogP contribution in [0.5, 0.6) is 0 Å². The van der Waals surface area contributed by atoms with Gasteiger partial charge in [0.15, 0.2) is 0 Å². The smallest absolute Gasteiger partial charge is 0.0312 e. The Labute approximate surface area is 89.4 Å². The molecule has 0 aromatic heterocycles. The van der Waals surface area contributed by atoms with Gasteiger partial charge in [-0.3, -0.25) is 0 Å². The first-order valence-corrected chi connectivity index (χ1v) is 5.31. The Hall–Kier alpha value is -0.500. The fourth-order valence-electron chi connectivity index (χ4n) is 1.25. The van der Waals surface area contributed by atoms with Crippen LogP contribution in [0.1, 0.15) is 41.5 Å². The lowest BCUT2D eigenvalue weighted by molar-refractivity contribution is 0.201. The second-order valence-corrected chi connectivity index (χ2v) is 5.72. The Bertz CT molecular complexity index is 172. The molecule has 0 spiro atoms. The minimum Gasteiger partial charge on any atom is -0.372 e. The number of nitrogens with zero attached hydrogens (tertiary/aromatic N) is 1. The third-order valence-electron chi connectivity index (χ3n) is 2.09. The first-order valence-electron chi connectivity index (χ1n) is 5.31. The molecule has 0 aromatic carbocycles. The Morgan fingerprint density at radius 1 is 1.14 bits per heavy atom. The number of hydrogen-bond donors (Lipinski definition) is 1. The monoisotopic (exact) mass is 198 g/mol. The summed E-state index contributed by atoms with van der Waals surface area (Å²) >= 11 is 0. The van der Waals surface area contributed by atoms with Crippen LogP contribution in [0.2, 0.25) is 0 Å². The van der Waals surface area contributed by atoms with Gasteiger partial charge in [0.25, 0.3) is 0 Å². The lowest BCUT2D eigenvalue weighted by Crippen LogP contribution is -2.45. The van der Waals surface area contributed by atoms with E-state index in [9.17, 15) is 0 Å². The largest absolute Gasteiger partial charge is 0.372 e. The molecule has 0 rings (SSSR count). The van der Waals surface area contributed by atoms with E-state index in [1.807, 2.05) is 6.20 Å². The van der Waals surface area contributed by atoms with Crippen molar-refractivity contribution in [3.63, 3.8) is 0 Å². The minimum absolute atomic E-state index is 0.168. The second-order valence-electron chi connectivity index (χ2n) is 5.72. The van der Waals surface area contributed by atoms with Gasteiger partial charge in [0.2, 0.25) is 0 Å². The maximum Gasteiger partial charge on any atom is 0.0312 e. The molecular weight excluding hydrogens is 172 g/mol. The van der Waals surface area contributed by atoms with Gasteiger partial charge in [0, 0.05) is 24.2 Å². The summed E-state index contributed by atoms with van der Waals surface area (Å²) in [5, 5.41) is 3.47. The summed E-state index contributed by atoms with van der Waals surface area (Å²) in [6.45, 7) is 19.0. The molecule has 1 N–H and O–H groups in total. The van der Waals surface area contributed by atoms with E-state index in [1.165, 1.54) is 0 Å². The van der Waals surface area contributed by atoms with E-state index < -0.39 is 0 Å². The van der Waals surface area contributed by atoms with Crippen molar-refractivity contribution in [2.45, 2.75) is 52.6 Å². The van der Waals surface area contributed by atoms with Gasteiger partial charge in [0.1, 0.15) is 0 Å². The van der Waals surface area contributed by atoms with Crippen molar-refractivity contribution < 1.29 is 0 Å². The molecule has 0 aliphatic carbocycles. The van der Waals surface area contributed by atoms with Gasteiger partial charge in [-0.15, -0.1) is 0 Å². The van der Waals surface area contributed by atoms with E-state index in [4.69, 9.17) is 0 Å². The van der Waals surface area contributed by atoms with Crippen LogP contribution >= 0.6 is 0 Å². The molecule has 0 heterocycles. The molecule has 14 heavy (non-hydrogen) atoms. The van der Waals surface area contributed by atoms with Crippen LogP contribution in [-0.2, 0) is 0 Å². The van der Waals surface area contributed by atoms with Crippen molar-refractivity contribution in [1.82, 2.24) is 10.2 Å². The fraction of sp³-hybridized carbons (Fsp3) is 0.833. The van der Waals surface area contributed by atoms with Gasteiger partial charge in [-0.05, 0) is 47.7 Å². The highest BCUT2D eigenvalue weighted by Crippen LogP contribution is 2.12. The van der Waals surface area contributed by atoms with E-state index in [2.05, 4.69) is 58.3 Å². The summed E-state index contributed by atoms with van der Waals surface area (Å²) in [5.74, 6) is 0. The highest BCUT2D eigenvalue weighted by Gasteiger charge is 2.17. The molecular formula is C12H26N2. The molecule has 2 heteroatoms. The predicted molar refractivity (Wildman–Crippen MR) is 64.4 cm³/mol. The van der Waals surface area contributed by atoms with Crippen LogP contribution in [0.15, 0.2) is 12.8 Å². The first kappa shape index (κ1) is 13.5. The summed E-state index contributed by atoms with van der Waals surface area (Å²) in [5.41, 5.74) is 0.367. The second kappa shape index (κ2) is 4.83. The highest BCUT2D eigenvalue weighted by molar-refractivity contribution is 4.85. The Kier molecular flexibility index (Phi) is 4.66. The first-order chi connectivity index (χ1) is 6.17. The standard InChI is InChI=1S/C12H26N2/c1-8-14(12(5,6)7)10-9-13-11(2,3)4/h8,13H,1,9-10H2,2-7H3. The molecule has 0 radical (unpaired) electrons. The van der Waals surface area contributed by atoms with E-state index in [1.54, 1.807) is 0 Å². The van der Waals surface area contributed by atoms with E-state index in [0.717, 1.165) is 13.1 Å². The van der Waals surface area contributed by atoms with Crippen molar-refractivity contribution in [2.24, 2.45) is 0 Å². The molecule has 84 valence electrons. The normalized spacial score (nSPS) is 12.7. The zero-order valence-corrected chi connectivity index (χ0v) is 10.6. The van der Waals surface area contributed by atoms with Crippen LogP contribution in [0.25, 0.3) is 0 Å². The van der Waals surface area contributed by atoms with E-state index >= 15 is 0 Å². The lowest BCUT2D eigenvalue weighted by atomic mass is 10.1. The van der Waals surface area contributed by atoms with Gasteiger partial charge < -0.3 is 10.2 Å². The number of hydrogen-bond acceptors (Lipinski definition) is 2. The summed E-state index contributed by atoms with van der Waals surface area (Å²) in [4.78, 5) is 2.26. The maximum absolute atomic E-state index is 3.84. The lowest BCUT2D eigenvalue weighted by Gasteiger charge is -2.35. The number of nitrogens with one attached hydrogen (secondary N) is 1. The predicted octanol–water partition coefficient (Wildman–Crippen LogP) is 2.62. The van der Waals surface area contributed by atoms with Gasteiger partial charge in [0.05, 0.1) is 0 Å². The third-order valence-corrected chi connectivity index (χ3v) is 2.09. The van der Waals surface area contributed by atoms with Gasteiger partial charge in [-0.2, -0.15) is 0 Å². The molecule has 2 nitrogen and oxygen atoms in total. The topological polar surface area (TPSA) is 15.3 Å². The quantitative estimate of drug-likeness (QED) is 0.747. The van der Waals surface area contributed by atoms with E-state index in [0.29, 0.717) is 0 Å². The minimum atomic E-state index is 0.168. The molecule has 0 aliphatic heterocycles. The van der Waals surface area contributed by atoms with Crippen molar-refractivity contribution in [1.29, 1.82) is 0 Å². The molecule has 0 aliphatic rings. The Morgan fingerprint density at radius 3 is 1.93 bits per heavy atom. The molecule has 0 amide bonds. The average molecular weight is 198 g/mol. The molecule has 0 saturated carbocycles. The SMILES string of the molecule is C=CN(CCNC(C)(C)C)C(C)(C)C. The zero-order valence-electron chi connectivity index (χ0n) is 10.6. The summed E-state index contributed by atoms with van der Waals surface area (Å²) in [6.07, 6.45) is 1.92. The van der Waals surface area contributed by atoms with Crippen LogP contribution in [0.3, 0.4) is 0 Å². The molecule has 0 aromatic rings. The van der Waals surface area contributed by atoms with Crippen LogP contribution in [0.4, 0.5) is 0 Å². The summed E-state index contributed by atoms with van der Waals surface area (Å²) in [7, 11) is 0. The average Bonchev–Trinajstić information content (AvgIpc) is 1.93. The molecule has 0 saturated heterocycles. The number of rotatable bonds is 4. The van der Waals surface area contributed by atoms with Crippen molar-refractivity contribution in [3.05, 3.63) is 12.8 Å². The maximum atomic E-state index is 3.84. The molecule has 0 bridgehead atoms. The molecule has 0 atom stereocenters. The summed E-state index contributed by atoms with van der Waals surface area (Å²) < 4.78 is 0. The fourth-order valence-corrected chi connectivity index (χ4v) is 1.25. The van der Waals surface area contributed by atoms with Gasteiger partial charge >= 0.3 is 0 Å². The Morgan fingerprint density at radius 2 is 1.64 bits per heavy atom. The molecule has 0 fully saturated rings. The Balaban J connectivity index is 3.93. The van der Waals surface area contributed by atoms with Crippen LogP contribution in [0, 0.1) is 0 Å². The van der Waals surface area contributed by atoms with Gasteiger partial charge in [-0.1, -0.05) is 6.58 Å². The zero-order chi connectivity index (χ0) is 11.4. The van der Waals surface area contributed by atoms with Gasteiger partial charge in [-0.25, -0.2) is 0 Å².